The summed E-state index contributed by atoms with van der Waals surface area (Å²) in [6.07, 6.45) is 13.6. The lowest BCUT2D eigenvalue weighted by atomic mass is 10.1. The van der Waals surface area contributed by atoms with Crippen molar-refractivity contribution in [2.45, 2.75) is 104 Å². The second kappa shape index (κ2) is 14.8. The zero-order valence-corrected chi connectivity index (χ0v) is 14.5. The van der Waals surface area contributed by atoms with Crippen LogP contribution >= 0.6 is 9.03 Å². The molecule has 116 valence electrons. The van der Waals surface area contributed by atoms with Crippen LogP contribution in [0.15, 0.2) is 0 Å². The number of hydrogen-bond acceptors (Lipinski definition) is 2. The van der Waals surface area contributed by atoms with Gasteiger partial charge in [0, 0.05) is 0 Å². The highest BCUT2D eigenvalue weighted by Crippen LogP contribution is 2.23. The molecule has 0 aromatic rings. The summed E-state index contributed by atoms with van der Waals surface area (Å²) in [6.45, 7) is 8.82. The van der Waals surface area contributed by atoms with Gasteiger partial charge in [0.15, 0.2) is 9.03 Å². The predicted octanol–water partition coefficient (Wildman–Crippen LogP) is 6.25. The van der Waals surface area contributed by atoms with Crippen LogP contribution in [0.5, 0.6) is 0 Å². The molecule has 0 rings (SSSR count). The van der Waals surface area contributed by atoms with E-state index in [1.165, 1.54) is 64.2 Å². The maximum Gasteiger partial charge on any atom is 0.155 e. The van der Waals surface area contributed by atoms with Gasteiger partial charge in [-0.15, -0.1) is 0 Å². The summed E-state index contributed by atoms with van der Waals surface area (Å²) < 4.78 is 11.5. The summed E-state index contributed by atoms with van der Waals surface area (Å²) in [4.78, 5) is 0. The van der Waals surface area contributed by atoms with Gasteiger partial charge in [0.1, 0.15) is 0 Å². The van der Waals surface area contributed by atoms with Gasteiger partial charge in [0.25, 0.3) is 0 Å². The third kappa shape index (κ3) is 14.6. The molecular weight excluding hydrogens is 255 g/mol. The van der Waals surface area contributed by atoms with Crippen molar-refractivity contribution in [2.75, 3.05) is 0 Å². The zero-order chi connectivity index (χ0) is 14.3. The van der Waals surface area contributed by atoms with Crippen molar-refractivity contribution < 1.29 is 9.05 Å². The van der Waals surface area contributed by atoms with Gasteiger partial charge in [-0.3, -0.25) is 0 Å². The van der Waals surface area contributed by atoms with Crippen LogP contribution < -0.4 is 0 Å². The SMILES string of the molecule is CCCCCCC(C)OPOC(C)CCCCCC. The summed E-state index contributed by atoms with van der Waals surface area (Å²) >= 11 is 0. The van der Waals surface area contributed by atoms with E-state index in [0.29, 0.717) is 12.2 Å². The quantitative estimate of drug-likeness (QED) is 0.278. The molecule has 0 aliphatic heterocycles. The van der Waals surface area contributed by atoms with Crippen LogP contribution in [0.2, 0.25) is 0 Å². The first-order valence-corrected chi connectivity index (χ1v) is 9.08. The zero-order valence-electron chi connectivity index (χ0n) is 13.5. The molecule has 0 aliphatic carbocycles. The van der Waals surface area contributed by atoms with Crippen LogP contribution in [0.25, 0.3) is 0 Å². The van der Waals surface area contributed by atoms with Gasteiger partial charge in [-0.1, -0.05) is 65.2 Å². The fourth-order valence-corrected chi connectivity index (χ4v) is 2.65. The Morgan fingerprint density at radius 3 is 1.47 bits per heavy atom. The number of rotatable bonds is 14. The van der Waals surface area contributed by atoms with Crippen LogP contribution in [0.1, 0.15) is 91.9 Å². The van der Waals surface area contributed by atoms with Gasteiger partial charge in [-0.05, 0) is 26.7 Å². The first-order valence-electron chi connectivity index (χ1n) is 8.27. The van der Waals surface area contributed by atoms with Crippen LogP contribution in [-0.4, -0.2) is 12.2 Å². The van der Waals surface area contributed by atoms with Crippen molar-refractivity contribution in [3.05, 3.63) is 0 Å². The first kappa shape index (κ1) is 19.4. The Morgan fingerprint density at radius 2 is 1.11 bits per heavy atom. The third-order valence-corrected chi connectivity index (χ3v) is 4.42. The summed E-state index contributed by atoms with van der Waals surface area (Å²) in [7, 11) is 0.217. The van der Waals surface area contributed by atoms with E-state index >= 15 is 0 Å². The lowest BCUT2D eigenvalue weighted by molar-refractivity contribution is 0.160. The summed E-state index contributed by atoms with van der Waals surface area (Å²) in [6, 6.07) is 0. The van der Waals surface area contributed by atoms with E-state index in [0.717, 1.165) is 0 Å². The minimum atomic E-state index is 0.217. The van der Waals surface area contributed by atoms with E-state index in [2.05, 4.69) is 27.7 Å². The van der Waals surface area contributed by atoms with Crippen LogP contribution in [0.4, 0.5) is 0 Å². The second-order valence-electron chi connectivity index (χ2n) is 5.64. The summed E-state index contributed by atoms with van der Waals surface area (Å²) in [5, 5.41) is 0. The summed E-state index contributed by atoms with van der Waals surface area (Å²) in [5.41, 5.74) is 0. The smallest absolute Gasteiger partial charge is 0.155 e. The number of unbranched alkanes of at least 4 members (excludes halogenated alkanes) is 6. The Morgan fingerprint density at radius 1 is 0.684 bits per heavy atom. The third-order valence-electron chi connectivity index (χ3n) is 3.43. The van der Waals surface area contributed by atoms with E-state index in [1.54, 1.807) is 0 Å². The highest BCUT2D eigenvalue weighted by Gasteiger charge is 2.05. The molecule has 19 heavy (non-hydrogen) atoms. The standard InChI is InChI=1S/C16H35O2P/c1-5-7-9-11-13-15(3)17-19-18-16(4)14-12-10-8-6-2/h15-16,19H,5-14H2,1-4H3. The molecule has 2 atom stereocenters. The van der Waals surface area contributed by atoms with Gasteiger partial charge in [0.2, 0.25) is 0 Å². The van der Waals surface area contributed by atoms with Gasteiger partial charge in [-0.2, -0.15) is 0 Å². The highest BCUT2D eigenvalue weighted by molar-refractivity contribution is 7.26. The van der Waals surface area contributed by atoms with Crippen molar-refractivity contribution in [3.8, 4) is 0 Å². The Bertz CT molecular complexity index is 158. The van der Waals surface area contributed by atoms with Gasteiger partial charge >= 0.3 is 0 Å². The van der Waals surface area contributed by atoms with E-state index in [4.69, 9.17) is 9.05 Å². The maximum atomic E-state index is 5.73. The Labute approximate surface area is 123 Å². The fraction of sp³-hybridized carbons (Fsp3) is 1.00. The molecule has 3 heteroatoms. The lowest BCUT2D eigenvalue weighted by Crippen LogP contribution is -2.06. The summed E-state index contributed by atoms with van der Waals surface area (Å²) in [5.74, 6) is 0. The normalized spacial score (nSPS) is 15.2. The average Bonchev–Trinajstić information content (AvgIpc) is 2.40. The molecule has 0 saturated carbocycles. The molecule has 0 fully saturated rings. The van der Waals surface area contributed by atoms with Crippen molar-refractivity contribution in [1.29, 1.82) is 0 Å². The first-order chi connectivity index (χ1) is 9.20. The lowest BCUT2D eigenvalue weighted by Gasteiger charge is -2.16. The predicted molar refractivity (Wildman–Crippen MR) is 86.9 cm³/mol. The highest BCUT2D eigenvalue weighted by atomic mass is 31.1. The number of hydrogen-bond donors (Lipinski definition) is 0. The van der Waals surface area contributed by atoms with Crippen LogP contribution in [0.3, 0.4) is 0 Å². The van der Waals surface area contributed by atoms with Gasteiger partial charge in [0.05, 0.1) is 12.2 Å². The molecule has 0 aliphatic rings. The Balaban J connectivity index is 3.30. The van der Waals surface area contributed by atoms with Crippen molar-refractivity contribution in [3.63, 3.8) is 0 Å². The van der Waals surface area contributed by atoms with E-state index in [-0.39, 0.29) is 9.03 Å². The van der Waals surface area contributed by atoms with E-state index in [9.17, 15) is 0 Å². The molecule has 2 nitrogen and oxygen atoms in total. The maximum absolute atomic E-state index is 5.73. The van der Waals surface area contributed by atoms with Crippen molar-refractivity contribution >= 4 is 9.03 Å². The van der Waals surface area contributed by atoms with E-state index < -0.39 is 0 Å². The topological polar surface area (TPSA) is 18.5 Å². The molecule has 0 radical (unpaired) electrons. The minimum Gasteiger partial charge on any atom is -0.333 e. The fourth-order valence-electron chi connectivity index (χ4n) is 2.03. The average molecular weight is 290 g/mol. The van der Waals surface area contributed by atoms with Gasteiger partial charge < -0.3 is 9.05 Å². The molecule has 0 bridgehead atoms. The molecule has 0 aromatic heterocycles. The minimum absolute atomic E-state index is 0.217. The molecular formula is C16H35O2P. The van der Waals surface area contributed by atoms with Crippen LogP contribution in [-0.2, 0) is 9.05 Å². The molecule has 0 heterocycles. The molecule has 0 amide bonds. The van der Waals surface area contributed by atoms with Crippen molar-refractivity contribution in [2.24, 2.45) is 0 Å². The molecule has 2 unspecified atom stereocenters. The van der Waals surface area contributed by atoms with E-state index in [1.807, 2.05) is 0 Å². The molecule has 0 N–H and O–H groups in total. The monoisotopic (exact) mass is 290 g/mol. The van der Waals surface area contributed by atoms with Crippen molar-refractivity contribution in [1.82, 2.24) is 0 Å². The Kier molecular flexibility index (Phi) is 15.0. The van der Waals surface area contributed by atoms with Gasteiger partial charge in [-0.25, -0.2) is 0 Å². The molecule has 0 aromatic carbocycles. The van der Waals surface area contributed by atoms with Crippen LogP contribution in [0, 0.1) is 0 Å². The molecule has 0 spiro atoms. The second-order valence-corrected chi connectivity index (χ2v) is 6.28. The largest absolute Gasteiger partial charge is 0.333 e. The molecule has 0 saturated heterocycles. The Hall–Kier alpha value is 0.350.